The molecule has 7 heteroatoms. The molecule has 0 amide bonds. The summed E-state index contributed by atoms with van der Waals surface area (Å²) in [7, 11) is 0. The van der Waals surface area contributed by atoms with Crippen molar-refractivity contribution in [3.8, 4) is 5.75 Å². The van der Waals surface area contributed by atoms with Gasteiger partial charge in [0, 0.05) is 37.8 Å². The van der Waals surface area contributed by atoms with Gasteiger partial charge in [0.15, 0.2) is 0 Å². The van der Waals surface area contributed by atoms with Crippen LogP contribution in [-0.2, 0) is 0 Å². The summed E-state index contributed by atoms with van der Waals surface area (Å²) in [5.74, 6) is -0.584. The molecule has 1 aliphatic heterocycles. The number of nitrogens with zero attached hydrogens (tertiary/aromatic N) is 1. The summed E-state index contributed by atoms with van der Waals surface area (Å²) >= 11 is 5.90. The predicted octanol–water partition coefficient (Wildman–Crippen LogP) is 3.55. The van der Waals surface area contributed by atoms with Crippen LogP contribution in [0.15, 0.2) is 24.8 Å². The summed E-state index contributed by atoms with van der Waals surface area (Å²) in [4.78, 5) is 2.15. The molecule has 0 unspecified atom stereocenters. The third-order valence-electron chi connectivity index (χ3n) is 3.43. The molecule has 0 spiro atoms. The number of phenols is 1. The number of halogens is 4. The number of piperazine rings is 1. The Morgan fingerprint density at radius 2 is 2.00 bits per heavy atom. The zero-order valence-corrected chi connectivity index (χ0v) is 13.9. The molecule has 120 valence electrons. The Morgan fingerprint density at radius 1 is 1.38 bits per heavy atom. The first-order valence-corrected chi connectivity index (χ1v) is 6.75. The average Bonchev–Trinajstić information content (AvgIpc) is 2.43. The zero-order valence-electron chi connectivity index (χ0n) is 11.5. The van der Waals surface area contributed by atoms with E-state index in [1.165, 1.54) is 12.1 Å². The molecule has 2 N–H and O–H groups in total. The van der Waals surface area contributed by atoms with Crippen molar-refractivity contribution in [3.05, 3.63) is 41.2 Å². The monoisotopic (exact) mass is 356 g/mol. The Morgan fingerprint density at radius 3 is 2.57 bits per heavy atom. The minimum atomic E-state index is -0.424. The summed E-state index contributed by atoms with van der Waals surface area (Å²) in [6.45, 7) is 7.06. The minimum absolute atomic E-state index is 0. The van der Waals surface area contributed by atoms with Crippen molar-refractivity contribution < 1.29 is 9.50 Å². The first-order chi connectivity index (χ1) is 9.15. The van der Waals surface area contributed by atoms with Gasteiger partial charge in [-0.15, -0.1) is 31.4 Å². The third-order valence-corrected chi connectivity index (χ3v) is 3.74. The summed E-state index contributed by atoms with van der Waals surface area (Å²) in [6, 6.07) is 2.45. The van der Waals surface area contributed by atoms with Gasteiger partial charge < -0.3 is 10.4 Å². The summed E-state index contributed by atoms with van der Waals surface area (Å²) < 4.78 is 14.1. The highest BCUT2D eigenvalue weighted by molar-refractivity contribution is 6.32. The van der Waals surface area contributed by atoms with E-state index in [0.29, 0.717) is 6.42 Å². The molecule has 1 aromatic carbocycles. The largest absolute Gasteiger partial charge is 0.506 e. The lowest BCUT2D eigenvalue weighted by Crippen LogP contribution is -2.45. The maximum atomic E-state index is 14.1. The molecule has 0 bridgehead atoms. The lowest BCUT2D eigenvalue weighted by atomic mass is 9.99. The van der Waals surface area contributed by atoms with Crippen LogP contribution < -0.4 is 5.32 Å². The van der Waals surface area contributed by atoms with Crippen LogP contribution in [0, 0.1) is 5.82 Å². The molecule has 2 rings (SSSR count). The van der Waals surface area contributed by atoms with Gasteiger partial charge in [0.2, 0.25) is 0 Å². The second-order valence-electron chi connectivity index (χ2n) is 4.62. The zero-order chi connectivity index (χ0) is 13.8. The van der Waals surface area contributed by atoms with Crippen LogP contribution in [0.4, 0.5) is 4.39 Å². The number of nitrogens with one attached hydrogen (secondary N) is 1. The van der Waals surface area contributed by atoms with E-state index in [2.05, 4.69) is 16.8 Å². The maximum absolute atomic E-state index is 14.1. The number of benzene rings is 1. The van der Waals surface area contributed by atoms with Gasteiger partial charge in [-0.2, -0.15) is 0 Å². The van der Waals surface area contributed by atoms with Crippen molar-refractivity contribution in [1.29, 1.82) is 0 Å². The van der Waals surface area contributed by atoms with E-state index in [4.69, 9.17) is 11.6 Å². The van der Waals surface area contributed by atoms with Crippen LogP contribution in [0.5, 0.6) is 5.75 Å². The molecular weight excluding hydrogens is 338 g/mol. The van der Waals surface area contributed by atoms with Crippen molar-refractivity contribution >= 4 is 36.4 Å². The van der Waals surface area contributed by atoms with Gasteiger partial charge in [-0.1, -0.05) is 17.7 Å². The summed E-state index contributed by atoms with van der Waals surface area (Å²) in [5.41, 5.74) is 0.273. The fourth-order valence-corrected chi connectivity index (χ4v) is 2.64. The maximum Gasteiger partial charge on any atom is 0.141 e. The van der Waals surface area contributed by atoms with Crippen LogP contribution in [0.2, 0.25) is 5.02 Å². The highest BCUT2D eigenvalue weighted by Crippen LogP contribution is 2.38. The van der Waals surface area contributed by atoms with Crippen molar-refractivity contribution in [1.82, 2.24) is 10.2 Å². The normalized spacial score (nSPS) is 16.5. The second kappa shape index (κ2) is 9.49. The van der Waals surface area contributed by atoms with E-state index in [0.717, 1.165) is 26.2 Å². The number of hydrogen-bond donors (Lipinski definition) is 2. The van der Waals surface area contributed by atoms with Crippen molar-refractivity contribution in [2.24, 2.45) is 0 Å². The van der Waals surface area contributed by atoms with E-state index in [-0.39, 0.29) is 47.2 Å². The smallest absolute Gasteiger partial charge is 0.141 e. The summed E-state index contributed by atoms with van der Waals surface area (Å²) in [6.07, 6.45) is 2.32. The van der Waals surface area contributed by atoms with Gasteiger partial charge in [0.25, 0.3) is 0 Å². The fourth-order valence-electron chi connectivity index (χ4n) is 2.47. The molecule has 1 heterocycles. The Balaban J connectivity index is 0.00000200. The van der Waals surface area contributed by atoms with Gasteiger partial charge in [-0.3, -0.25) is 4.90 Å². The quantitative estimate of drug-likeness (QED) is 0.809. The lowest BCUT2D eigenvalue weighted by molar-refractivity contribution is 0.168. The highest BCUT2D eigenvalue weighted by atomic mass is 35.5. The highest BCUT2D eigenvalue weighted by Gasteiger charge is 2.27. The molecule has 1 aliphatic rings. The predicted molar refractivity (Wildman–Crippen MR) is 89.6 cm³/mol. The average molecular weight is 358 g/mol. The number of hydrogen-bond acceptors (Lipinski definition) is 3. The van der Waals surface area contributed by atoms with E-state index in [1.807, 2.05) is 0 Å². The van der Waals surface area contributed by atoms with Crippen LogP contribution in [0.25, 0.3) is 0 Å². The molecule has 1 aromatic rings. The van der Waals surface area contributed by atoms with E-state index >= 15 is 0 Å². The molecule has 1 atom stereocenters. The molecule has 0 aliphatic carbocycles. The van der Waals surface area contributed by atoms with Gasteiger partial charge in [-0.25, -0.2) is 4.39 Å². The van der Waals surface area contributed by atoms with E-state index in [1.54, 1.807) is 6.08 Å². The molecule has 21 heavy (non-hydrogen) atoms. The molecule has 3 nitrogen and oxygen atoms in total. The Hall–Kier alpha value is -0.520. The molecule has 0 aromatic heterocycles. The van der Waals surface area contributed by atoms with Gasteiger partial charge in [-0.05, 0) is 18.6 Å². The molecule has 0 radical (unpaired) electrons. The van der Waals surface area contributed by atoms with Crippen molar-refractivity contribution in [2.45, 2.75) is 12.5 Å². The number of rotatable bonds is 4. The van der Waals surface area contributed by atoms with Crippen molar-refractivity contribution in [3.63, 3.8) is 0 Å². The first-order valence-electron chi connectivity index (χ1n) is 6.37. The Kier molecular flexibility index (Phi) is 9.25. The molecule has 1 saturated heterocycles. The Bertz CT molecular complexity index is 468. The van der Waals surface area contributed by atoms with Crippen LogP contribution in [0.1, 0.15) is 18.0 Å². The molecular formula is C14H20Cl3FN2O. The molecule has 0 saturated carbocycles. The summed E-state index contributed by atoms with van der Waals surface area (Å²) in [5, 5.41) is 13.5. The van der Waals surface area contributed by atoms with Crippen LogP contribution >= 0.6 is 36.4 Å². The van der Waals surface area contributed by atoms with Crippen LogP contribution in [0.3, 0.4) is 0 Å². The lowest BCUT2D eigenvalue weighted by Gasteiger charge is -2.35. The number of aromatic hydroxyl groups is 1. The number of phenolic OH excluding ortho intramolecular Hbond substituents is 1. The standard InChI is InChI=1S/C14H18ClFN2O.2ClH/c1-2-3-12(18-8-6-17-7-9-18)13-11(16)5-4-10(15)14(13)19;;/h2,4-5,12,17,19H,1,3,6-9H2;2*1H/t12-;;/m1../s1. The first kappa shape index (κ1) is 20.5. The third kappa shape index (κ3) is 4.73. The van der Waals surface area contributed by atoms with Crippen molar-refractivity contribution in [2.75, 3.05) is 26.2 Å². The topological polar surface area (TPSA) is 35.5 Å². The second-order valence-corrected chi connectivity index (χ2v) is 5.02. The van der Waals surface area contributed by atoms with Gasteiger partial charge in [0.05, 0.1) is 5.02 Å². The Labute approximate surface area is 142 Å². The molecule has 1 fully saturated rings. The van der Waals surface area contributed by atoms with Gasteiger partial charge in [0.1, 0.15) is 11.6 Å². The minimum Gasteiger partial charge on any atom is -0.506 e. The SMILES string of the molecule is C=CC[C@H](c1c(F)ccc(Cl)c1O)N1CCNCC1.Cl.Cl. The van der Waals surface area contributed by atoms with E-state index in [9.17, 15) is 9.50 Å². The van der Waals surface area contributed by atoms with Gasteiger partial charge >= 0.3 is 0 Å². The van der Waals surface area contributed by atoms with Crippen LogP contribution in [-0.4, -0.2) is 36.2 Å². The van der Waals surface area contributed by atoms with E-state index < -0.39 is 5.82 Å². The fraction of sp³-hybridized carbons (Fsp3) is 0.429.